The van der Waals surface area contributed by atoms with Crippen LogP contribution in [0.1, 0.15) is 5.01 Å². The van der Waals surface area contributed by atoms with Gasteiger partial charge in [0.15, 0.2) is 0 Å². The molecule has 0 aliphatic heterocycles. The van der Waals surface area contributed by atoms with E-state index in [1.165, 1.54) is 4.57 Å². The summed E-state index contributed by atoms with van der Waals surface area (Å²) in [6.07, 6.45) is -3.55. The second kappa shape index (κ2) is 6.00. The van der Waals surface area contributed by atoms with Gasteiger partial charge in [0.25, 0.3) is 5.56 Å². The third kappa shape index (κ3) is 3.25. The van der Waals surface area contributed by atoms with Crippen LogP contribution in [0, 0.1) is 0 Å². The van der Waals surface area contributed by atoms with Gasteiger partial charge < -0.3 is 0 Å². The van der Waals surface area contributed by atoms with E-state index >= 15 is 0 Å². The SMILES string of the molecule is O=C(Cn1c(=O)cnc2ccccc21)Nc1nnc(C(F)(F)F)s1. The van der Waals surface area contributed by atoms with Crippen LogP contribution in [-0.2, 0) is 17.5 Å². The lowest BCUT2D eigenvalue weighted by Crippen LogP contribution is -2.27. The number of halogens is 3. The Morgan fingerprint density at radius 2 is 2.00 bits per heavy atom. The summed E-state index contributed by atoms with van der Waals surface area (Å²) in [6, 6.07) is 6.69. The summed E-state index contributed by atoms with van der Waals surface area (Å²) in [5.74, 6) is -0.696. The van der Waals surface area contributed by atoms with Gasteiger partial charge in [-0.3, -0.25) is 19.5 Å². The van der Waals surface area contributed by atoms with Crippen LogP contribution in [0.4, 0.5) is 18.3 Å². The number of nitrogens with zero attached hydrogens (tertiary/aromatic N) is 4. The van der Waals surface area contributed by atoms with Crippen LogP contribution in [0.3, 0.4) is 0 Å². The van der Waals surface area contributed by atoms with Crippen molar-refractivity contribution in [3.05, 3.63) is 45.8 Å². The molecule has 0 spiro atoms. The van der Waals surface area contributed by atoms with Gasteiger partial charge in [0.05, 0.1) is 17.2 Å². The number of hydrogen-bond acceptors (Lipinski definition) is 6. The fraction of sp³-hybridized carbons (Fsp3) is 0.154. The molecule has 124 valence electrons. The lowest BCUT2D eigenvalue weighted by molar-refractivity contribution is -0.138. The predicted octanol–water partition coefficient (Wildman–Crippen LogP) is 1.91. The van der Waals surface area contributed by atoms with Gasteiger partial charge in [0.1, 0.15) is 6.54 Å². The smallest absolute Gasteiger partial charge is 0.299 e. The van der Waals surface area contributed by atoms with E-state index in [0.717, 1.165) is 6.20 Å². The number of nitrogens with one attached hydrogen (secondary N) is 1. The molecule has 1 aromatic carbocycles. The molecule has 0 radical (unpaired) electrons. The number of benzene rings is 1. The second-order valence-corrected chi connectivity index (χ2v) is 5.61. The Morgan fingerprint density at radius 1 is 1.25 bits per heavy atom. The minimum Gasteiger partial charge on any atom is -0.299 e. The zero-order valence-corrected chi connectivity index (χ0v) is 12.6. The van der Waals surface area contributed by atoms with Gasteiger partial charge in [-0.05, 0) is 12.1 Å². The molecule has 11 heteroatoms. The molecular formula is C13H8F3N5O2S. The quantitative estimate of drug-likeness (QED) is 0.775. The molecule has 0 aliphatic carbocycles. The average Bonchev–Trinajstić information content (AvgIpc) is 2.99. The molecule has 0 atom stereocenters. The maximum absolute atomic E-state index is 12.5. The Hall–Kier alpha value is -2.82. The molecule has 2 heterocycles. The monoisotopic (exact) mass is 355 g/mol. The van der Waals surface area contributed by atoms with Gasteiger partial charge in [0, 0.05) is 0 Å². The number of para-hydroxylation sites is 2. The summed E-state index contributed by atoms with van der Waals surface area (Å²) >= 11 is 0.208. The molecule has 3 aromatic rings. The minimum atomic E-state index is -4.63. The zero-order chi connectivity index (χ0) is 17.3. The van der Waals surface area contributed by atoms with Crippen molar-refractivity contribution < 1.29 is 18.0 Å². The molecule has 2 aromatic heterocycles. The summed E-state index contributed by atoms with van der Waals surface area (Å²) in [7, 11) is 0. The summed E-state index contributed by atoms with van der Waals surface area (Å²) in [6.45, 7) is -0.386. The summed E-state index contributed by atoms with van der Waals surface area (Å²) in [4.78, 5) is 27.9. The van der Waals surface area contributed by atoms with Crippen molar-refractivity contribution >= 4 is 33.4 Å². The zero-order valence-electron chi connectivity index (χ0n) is 11.7. The van der Waals surface area contributed by atoms with E-state index in [1.54, 1.807) is 24.3 Å². The van der Waals surface area contributed by atoms with Gasteiger partial charge in [0.2, 0.25) is 16.0 Å². The van der Waals surface area contributed by atoms with Crippen LogP contribution in [-0.4, -0.2) is 25.7 Å². The van der Waals surface area contributed by atoms with Crippen molar-refractivity contribution in [3.8, 4) is 0 Å². The third-order valence-corrected chi connectivity index (χ3v) is 3.85. The number of carbonyl (C=O) groups is 1. The van der Waals surface area contributed by atoms with E-state index in [1.807, 2.05) is 0 Å². The molecule has 0 saturated carbocycles. The Bertz CT molecular complexity index is 966. The topological polar surface area (TPSA) is 89.8 Å². The Morgan fingerprint density at radius 3 is 2.71 bits per heavy atom. The van der Waals surface area contributed by atoms with Crippen LogP contribution in [0.2, 0.25) is 0 Å². The molecule has 1 N–H and O–H groups in total. The maximum atomic E-state index is 12.5. The highest BCUT2D eigenvalue weighted by Gasteiger charge is 2.35. The molecule has 0 bridgehead atoms. The number of anilines is 1. The number of hydrogen-bond donors (Lipinski definition) is 1. The van der Waals surface area contributed by atoms with Crippen LogP contribution in [0.5, 0.6) is 0 Å². The summed E-state index contributed by atoms with van der Waals surface area (Å²) < 4.78 is 38.5. The standard InChI is InChI=1S/C13H8F3N5O2S/c14-13(15,16)11-19-20-12(24-11)18-9(22)6-21-8-4-2-1-3-7(8)17-5-10(21)23/h1-5H,6H2,(H,18,20,22). The van der Waals surface area contributed by atoms with E-state index in [2.05, 4.69) is 20.5 Å². The molecule has 0 fully saturated rings. The van der Waals surface area contributed by atoms with Gasteiger partial charge in [-0.25, -0.2) is 4.98 Å². The van der Waals surface area contributed by atoms with Crippen LogP contribution >= 0.6 is 11.3 Å². The van der Waals surface area contributed by atoms with Gasteiger partial charge >= 0.3 is 6.18 Å². The fourth-order valence-electron chi connectivity index (χ4n) is 1.97. The second-order valence-electron chi connectivity index (χ2n) is 4.63. The normalized spacial score (nSPS) is 11.6. The number of aromatic nitrogens is 4. The highest BCUT2D eigenvalue weighted by molar-refractivity contribution is 7.15. The first-order valence-corrected chi connectivity index (χ1v) is 7.31. The van der Waals surface area contributed by atoms with Crippen molar-refractivity contribution in [2.45, 2.75) is 12.7 Å². The van der Waals surface area contributed by atoms with E-state index in [-0.39, 0.29) is 23.0 Å². The van der Waals surface area contributed by atoms with Gasteiger partial charge in [-0.1, -0.05) is 23.5 Å². The first-order valence-electron chi connectivity index (χ1n) is 6.50. The van der Waals surface area contributed by atoms with Crippen molar-refractivity contribution in [1.29, 1.82) is 0 Å². The van der Waals surface area contributed by atoms with Gasteiger partial charge in [-0.2, -0.15) is 13.2 Å². The van der Waals surface area contributed by atoms with E-state index in [9.17, 15) is 22.8 Å². The van der Waals surface area contributed by atoms with E-state index in [0.29, 0.717) is 11.0 Å². The Labute approximate surface area is 135 Å². The fourth-order valence-corrected chi connectivity index (χ4v) is 2.60. The van der Waals surface area contributed by atoms with Crippen LogP contribution in [0.25, 0.3) is 11.0 Å². The molecule has 0 aliphatic rings. The van der Waals surface area contributed by atoms with E-state index < -0.39 is 22.7 Å². The van der Waals surface area contributed by atoms with Crippen molar-refractivity contribution in [2.75, 3.05) is 5.32 Å². The molecule has 7 nitrogen and oxygen atoms in total. The Balaban J connectivity index is 1.82. The van der Waals surface area contributed by atoms with Crippen LogP contribution < -0.4 is 10.9 Å². The van der Waals surface area contributed by atoms with Crippen molar-refractivity contribution in [1.82, 2.24) is 19.7 Å². The minimum absolute atomic E-state index is 0.208. The Kier molecular flexibility index (Phi) is 4.01. The van der Waals surface area contributed by atoms with Crippen LogP contribution in [0.15, 0.2) is 35.3 Å². The lowest BCUT2D eigenvalue weighted by Gasteiger charge is -2.08. The molecule has 0 unspecified atom stereocenters. The summed E-state index contributed by atoms with van der Waals surface area (Å²) in [5.41, 5.74) is 0.450. The highest BCUT2D eigenvalue weighted by atomic mass is 32.1. The largest absolute Gasteiger partial charge is 0.445 e. The number of amides is 1. The maximum Gasteiger partial charge on any atom is 0.445 e. The van der Waals surface area contributed by atoms with Crippen molar-refractivity contribution in [3.63, 3.8) is 0 Å². The molecule has 24 heavy (non-hydrogen) atoms. The molecule has 0 saturated heterocycles. The first-order chi connectivity index (χ1) is 11.3. The third-order valence-electron chi connectivity index (χ3n) is 2.97. The summed E-state index contributed by atoms with van der Waals surface area (Å²) in [5, 5.41) is 6.98. The van der Waals surface area contributed by atoms with Gasteiger partial charge in [-0.15, -0.1) is 10.2 Å². The predicted molar refractivity (Wildman–Crippen MR) is 79.5 cm³/mol. The average molecular weight is 355 g/mol. The number of carbonyl (C=O) groups excluding carboxylic acids is 1. The van der Waals surface area contributed by atoms with Crippen molar-refractivity contribution in [2.24, 2.45) is 0 Å². The lowest BCUT2D eigenvalue weighted by atomic mass is 10.3. The number of alkyl halides is 3. The molecule has 3 rings (SSSR count). The highest BCUT2D eigenvalue weighted by Crippen LogP contribution is 2.32. The van der Waals surface area contributed by atoms with E-state index in [4.69, 9.17) is 0 Å². The molecule has 1 amide bonds. The number of rotatable bonds is 3. The first kappa shape index (κ1) is 16.1. The molecular weight excluding hydrogens is 347 g/mol. The number of fused-ring (bicyclic) bond motifs is 1.